The maximum Gasteiger partial charge on any atom is 0.443 e. The number of hydrogen-bond acceptors (Lipinski definition) is 4. The van der Waals surface area contributed by atoms with Gasteiger partial charge in [-0.2, -0.15) is 13.2 Å². The second-order valence-electron chi connectivity index (χ2n) is 9.26. The Morgan fingerprint density at radius 1 is 1.23 bits per heavy atom. The summed E-state index contributed by atoms with van der Waals surface area (Å²) in [6.07, 6.45) is -3.85. The first-order chi connectivity index (χ1) is 14.1. The van der Waals surface area contributed by atoms with Gasteiger partial charge in [0, 0.05) is 35.6 Å². The summed E-state index contributed by atoms with van der Waals surface area (Å²) in [5.74, 6) is -0.0783. The highest BCUT2D eigenvalue weighted by Crippen LogP contribution is 2.43. The average Bonchev–Trinajstić information content (AvgIpc) is 3.02. The van der Waals surface area contributed by atoms with Gasteiger partial charge < -0.3 is 10.2 Å². The number of halogens is 3. The van der Waals surface area contributed by atoms with Gasteiger partial charge in [0.15, 0.2) is 5.01 Å². The van der Waals surface area contributed by atoms with Gasteiger partial charge in [0.2, 0.25) is 5.91 Å². The Morgan fingerprint density at radius 2 is 1.81 bits per heavy atom. The zero-order chi connectivity index (χ0) is 23.4. The van der Waals surface area contributed by atoms with E-state index in [9.17, 15) is 18.0 Å². The molecule has 31 heavy (non-hydrogen) atoms. The third-order valence-corrected chi connectivity index (χ3v) is 6.39. The normalized spacial score (nSPS) is 16.2. The number of alkyl halides is 3. The second kappa shape index (κ2) is 7.87. The van der Waals surface area contributed by atoms with Crippen LogP contribution in [0.4, 0.5) is 24.5 Å². The van der Waals surface area contributed by atoms with Crippen LogP contribution in [0.15, 0.2) is 12.1 Å². The summed E-state index contributed by atoms with van der Waals surface area (Å²) in [7, 11) is 12.7. The van der Waals surface area contributed by atoms with Gasteiger partial charge in [0.05, 0.1) is 21.4 Å². The Hall–Kier alpha value is -1.96. The van der Waals surface area contributed by atoms with Gasteiger partial charge in [-0.3, -0.25) is 4.79 Å². The molecule has 0 bridgehead atoms. The van der Waals surface area contributed by atoms with Crippen LogP contribution in [0.3, 0.4) is 0 Å². The zero-order valence-electron chi connectivity index (χ0n) is 18.3. The molecular weight excluding hydrogens is 421 g/mol. The molecule has 0 atom stereocenters. The lowest BCUT2D eigenvalue weighted by atomic mass is 9.58. The highest BCUT2D eigenvalue weighted by Gasteiger charge is 2.42. The Bertz CT molecular complexity index is 989. The van der Waals surface area contributed by atoms with Crippen LogP contribution in [0, 0.1) is 19.3 Å². The molecule has 1 aliphatic rings. The molecule has 4 nitrogen and oxygen atoms in total. The number of thiazole rings is 1. The standard InChI is InChI=1S/C21H24B2F3N3OS/c1-11-8-13(9-12(2)16(11)28-15(30)10-19(3,4)5)29-7-6-14-17(20(29,22)23)31-18(27-14)21(24,25)26/h8-9H,6-7,10H2,1-5H3,(H,28,30). The number of carbonyl (C=O) groups excluding carboxylic acids is 1. The van der Waals surface area contributed by atoms with Crippen molar-refractivity contribution in [2.45, 2.75) is 59.0 Å². The summed E-state index contributed by atoms with van der Waals surface area (Å²) in [6, 6.07) is 3.68. The van der Waals surface area contributed by atoms with Crippen molar-refractivity contribution >= 4 is 44.3 Å². The SMILES string of the molecule is [B]C1([B])c2sc(C(F)(F)F)nc2CCN1c1cc(C)c(NC(=O)CC(C)(C)C)c(C)c1. The van der Waals surface area contributed by atoms with Gasteiger partial charge in [-0.05, 0) is 47.9 Å². The lowest BCUT2D eigenvalue weighted by Crippen LogP contribution is -2.51. The summed E-state index contributed by atoms with van der Waals surface area (Å²) in [5.41, 5.74) is 3.19. The fourth-order valence-electron chi connectivity index (χ4n) is 3.78. The molecule has 0 saturated carbocycles. The summed E-state index contributed by atoms with van der Waals surface area (Å²) < 4.78 is 39.4. The van der Waals surface area contributed by atoms with Gasteiger partial charge in [-0.15, -0.1) is 11.3 Å². The van der Waals surface area contributed by atoms with E-state index in [0.717, 1.165) is 11.1 Å². The molecule has 0 saturated heterocycles. The number of benzene rings is 1. The minimum Gasteiger partial charge on any atom is -0.378 e. The maximum atomic E-state index is 13.1. The zero-order valence-corrected chi connectivity index (χ0v) is 19.1. The molecule has 1 N–H and O–H groups in total. The van der Waals surface area contributed by atoms with E-state index in [0.29, 0.717) is 42.1 Å². The highest BCUT2D eigenvalue weighted by molar-refractivity contribution is 7.12. The van der Waals surface area contributed by atoms with Crippen molar-refractivity contribution in [3.05, 3.63) is 38.8 Å². The quantitative estimate of drug-likeness (QED) is 0.700. The number of hydrogen-bond donors (Lipinski definition) is 1. The smallest absolute Gasteiger partial charge is 0.378 e. The summed E-state index contributed by atoms with van der Waals surface area (Å²) in [6.45, 7) is 10.0. The van der Waals surface area contributed by atoms with Crippen LogP contribution in [0.25, 0.3) is 0 Å². The number of aromatic nitrogens is 1. The first-order valence-electron chi connectivity index (χ1n) is 9.93. The number of nitrogens with one attached hydrogen (secondary N) is 1. The third-order valence-electron chi connectivity index (χ3n) is 5.11. The van der Waals surface area contributed by atoms with Crippen LogP contribution in [-0.2, 0) is 22.7 Å². The summed E-state index contributed by atoms with van der Waals surface area (Å²) >= 11 is 0.488. The monoisotopic (exact) mass is 445 g/mol. The summed E-state index contributed by atoms with van der Waals surface area (Å²) in [4.78, 5) is 18.0. The van der Waals surface area contributed by atoms with Crippen molar-refractivity contribution in [3.8, 4) is 0 Å². The van der Waals surface area contributed by atoms with Crippen molar-refractivity contribution in [2.24, 2.45) is 5.41 Å². The van der Waals surface area contributed by atoms with Crippen molar-refractivity contribution in [2.75, 3.05) is 16.8 Å². The average molecular weight is 445 g/mol. The number of amides is 1. The van der Waals surface area contributed by atoms with E-state index in [2.05, 4.69) is 10.3 Å². The second-order valence-corrected chi connectivity index (χ2v) is 10.3. The fraction of sp³-hybridized carbons (Fsp3) is 0.524. The number of aryl methyl sites for hydroxylation is 2. The van der Waals surface area contributed by atoms with E-state index in [4.69, 9.17) is 15.7 Å². The van der Waals surface area contributed by atoms with Crippen molar-refractivity contribution in [1.29, 1.82) is 0 Å². The van der Waals surface area contributed by atoms with Gasteiger partial charge in [-0.25, -0.2) is 4.98 Å². The summed E-state index contributed by atoms with van der Waals surface area (Å²) in [5, 5.41) is 0.407. The van der Waals surface area contributed by atoms with Crippen molar-refractivity contribution in [1.82, 2.24) is 4.98 Å². The molecule has 10 heteroatoms. The van der Waals surface area contributed by atoms with E-state index in [-0.39, 0.29) is 21.9 Å². The van der Waals surface area contributed by atoms with E-state index >= 15 is 0 Å². The van der Waals surface area contributed by atoms with E-state index < -0.39 is 16.5 Å². The molecule has 1 aromatic carbocycles. The predicted octanol–water partition coefficient (Wildman–Crippen LogP) is 4.66. The minimum atomic E-state index is -4.54. The number of fused-ring (bicyclic) bond motifs is 1. The molecule has 2 aromatic rings. The molecule has 0 fully saturated rings. The molecule has 2 heterocycles. The van der Waals surface area contributed by atoms with E-state index in [1.807, 2.05) is 46.8 Å². The molecule has 1 aromatic heterocycles. The van der Waals surface area contributed by atoms with Gasteiger partial charge in [0.25, 0.3) is 0 Å². The number of rotatable bonds is 3. The molecule has 1 amide bonds. The van der Waals surface area contributed by atoms with E-state index in [1.165, 1.54) is 0 Å². The van der Waals surface area contributed by atoms with E-state index in [1.54, 1.807) is 4.90 Å². The maximum absolute atomic E-state index is 13.1. The molecule has 0 unspecified atom stereocenters. The van der Waals surface area contributed by atoms with Crippen LogP contribution in [0.5, 0.6) is 0 Å². The van der Waals surface area contributed by atoms with Crippen molar-refractivity contribution < 1.29 is 18.0 Å². The molecule has 162 valence electrons. The molecule has 0 spiro atoms. The number of carbonyl (C=O) groups is 1. The van der Waals surface area contributed by atoms with Crippen molar-refractivity contribution in [3.63, 3.8) is 0 Å². The van der Waals surface area contributed by atoms with Gasteiger partial charge >= 0.3 is 6.18 Å². The third kappa shape index (κ3) is 4.94. The fourth-order valence-corrected chi connectivity index (χ4v) is 4.79. The minimum absolute atomic E-state index is 0.0783. The van der Waals surface area contributed by atoms with Crippen LogP contribution < -0.4 is 10.2 Å². The molecular formula is C21H24B2F3N3OS. The van der Waals surface area contributed by atoms with Gasteiger partial charge in [-0.1, -0.05) is 20.8 Å². The van der Waals surface area contributed by atoms with Gasteiger partial charge in [0.1, 0.15) is 0 Å². The predicted molar refractivity (Wildman–Crippen MR) is 120 cm³/mol. The Labute approximate surface area is 187 Å². The lowest BCUT2D eigenvalue weighted by molar-refractivity contribution is -0.137. The molecule has 4 radical (unpaired) electrons. The van der Waals surface area contributed by atoms with Crippen LogP contribution in [-0.4, -0.2) is 33.1 Å². The largest absolute Gasteiger partial charge is 0.443 e. The van der Waals surface area contributed by atoms with Crippen LogP contribution in [0.1, 0.15) is 53.9 Å². The topological polar surface area (TPSA) is 45.2 Å². The molecule has 1 aliphatic heterocycles. The molecule has 3 rings (SSSR count). The highest BCUT2D eigenvalue weighted by atomic mass is 32.1. The Kier molecular flexibility index (Phi) is 6.02. The number of anilines is 2. The van der Waals surface area contributed by atoms with Crippen LogP contribution >= 0.6 is 11.3 Å². The number of nitrogens with zero attached hydrogens (tertiary/aromatic N) is 2. The lowest BCUT2D eigenvalue weighted by Gasteiger charge is -2.45. The first kappa shape index (κ1) is 23.7. The molecule has 0 aliphatic carbocycles. The Morgan fingerprint density at radius 3 is 2.32 bits per heavy atom. The Balaban J connectivity index is 1.91. The first-order valence-corrected chi connectivity index (χ1v) is 10.7. The van der Waals surface area contributed by atoms with Crippen LogP contribution in [0.2, 0.25) is 0 Å².